The molecule has 0 aromatic carbocycles. The van der Waals surface area contributed by atoms with Crippen molar-refractivity contribution in [1.82, 2.24) is 5.48 Å². The van der Waals surface area contributed by atoms with E-state index in [0.29, 0.717) is 3.92 Å². The van der Waals surface area contributed by atoms with Gasteiger partial charge in [-0.2, -0.15) is 0 Å². The molecule has 1 N–H and O–H groups in total. The molecule has 3 heteroatoms. The molecule has 44 valence electrons. The van der Waals surface area contributed by atoms with Crippen LogP contribution in [0.5, 0.6) is 0 Å². The molecule has 1 atom stereocenters. The third kappa shape index (κ3) is 6.65. The van der Waals surface area contributed by atoms with E-state index in [0.717, 1.165) is 6.54 Å². The van der Waals surface area contributed by atoms with Crippen LogP contribution in [0.3, 0.4) is 0 Å². The molecule has 0 heterocycles. The van der Waals surface area contributed by atoms with Gasteiger partial charge in [-0.1, -0.05) is 29.5 Å². The van der Waals surface area contributed by atoms with Crippen LogP contribution in [0.4, 0.5) is 0 Å². The maximum atomic E-state index is 4.60. The lowest BCUT2D eigenvalue weighted by Crippen LogP contribution is -2.19. The molecule has 0 aliphatic rings. The van der Waals surface area contributed by atoms with Gasteiger partial charge >= 0.3 is 0 Å². The minimum atomic E-state index is 0.637. The number of hydroxylamine groups is 1. The number of halogens is 1. The van der Waals surface area contributed by atoms with Gasteiger partial charge in [0, 0.05) is 10.5 Å². The Hall–Kier alpha value is 0.650. The first-order valence-electron chi connectivity index (χ1n) is 2.17. The predicted octanol–water partition coefficient (Wildman–Crippen LogP) is 0.961. The molecule has 1 unspecified atom stereocenters. The maximum absolute atomic E-state index is 4.60. The van der Waals surface area contributed by atoms with Crippen molar-refractivity contribution in [2.24, 2.45) is 0 Å². The standard InChI is InChI=1S/C4H10INO/c1-4(5)3-6-7-2/h4,6H,3H2,1-2H3. The van der Waals surface area contributed by atoms with Gasteiger partial charge in [-0.3, -0.25) is 0 Å². The Morgan fingerprint density at radius 3 is 2.57 bits per heavy atom. The summed E-state index contributed by atoms with van der Waals surface area (Å²) in [6.45, 7) is 3.03. The molecule has 0 radical (unpaired) electrons. The van der Waals surface area contributed by atoms with Gasteiger partial charge in [0.05, 0.1) is 7.11 Å². The van der Waals surface area contributed by atoms with Crippen molar-refractivity contribution in [2.45, 2.75) is 10.8 Å². The second kappa shape index (κ2) is 4.80. The Morgan fingerprint density at radius 2 is 2.43 bits per heavy atom. The third-order valence-electron chi connectivity index (χ3n) is 0.509. The van der Waals surface area contributed by atoms with E-state index in [4.69, 9.17) is 0 Å². The molecular weight excluding hydrogens is 205 g/mol. The van der Waals surface area contributed by atoms with E-state index in [1.165, 1.54) is 0 Å². The van der Waals surface area contributed by atoms with Crippen LogP contribution in [0.15, 0.2) is 0 Å². The number of alkyl halides is 1. The highest BCUT2D eigenvalue weighted by Crippen LogP contribution is 1.93. The topological polar surface area (TPSA) is 21.3 Å². The van der Waals surface area contributed by atoms with Gasteiger partial charge in [0.1, 0.15) is 0 Å². The van der Waals surface area contributed by atoms with Gasteiger partial charge < -0.3 is 4.84 Å². The molecule has 2 nitrogen and oxygen atoms in total. The summed E-state index contributed by atoms with van der Waals surface area (Å²) in [6, 6.07) is 0. The zero-order valence-electron chi connectivity index (χ0n) is 4.57. The molecular formula is C4H10INO. The molecule has 0 fully saturated rings. The lowest BCUT2D eigenvalue weighted by atomic mass is 10.5. The van der Waals surface area contributed by atoms with Crippen molar-refractivity contribution in [1.29, 1.82) is 0 Å². The zero-order valence-corrected chi connectivity index (χ0v) is 6.73. The third-order valence-corrected chi connectivity index (χ3v) is 0.949. The number of rotatable bonds is 3. The fraction of sp³-hybridized carbons (Fsp3) is 1.00. The molecule has 0 saturated carbocycles. The fourth-order valence-corrected chi connectivity index (χ4v) is 0.378. The van der Waals surface area contributed by atoms with E-state index >= 15 is 0 Å². The molecule has 0 aromatic heterocycles. The van der Waals surface area contributed by atoms with Crippen LogP contribution in [-0.2, 0) is 4.84 Å². The van der Waals surface area contributed by atoms with E-state index in [-0.39, 0.29) is 0 Å². The lowest BCUT2D eigenvalue weighted by Gasteiger charge is -2.00. The summed E-state index contributed by atoms with van der Waals surface area (Å²) in [5.74, 6) is 0. The van der Waals surface area contributed by atoms with Crippen molar-refractivity contribution in [3.05, 3.63) is 0 Å². The summed E-state index contributed by atoms with van der Waals surface area (Å²) in [7, 11) is 1.62. The SMILES string of the molecule is CONCC(C)I. The van der Waals surface area contributed by atoms with Crippen molar-refractivity contribution in [3.8, 4) is 0 Å². The molecule has 0 saturated heterocycles. The molecule has 0 aliphatic carbocycles. The first-order valence-corrected chi connectivity index (χ1v) is 3.42. The highest BCUT2D eigenvalue weighted by atomic mass is 127. The van der Waals surface area contributed by atoms with Crippen molar-refractivity contribution in [3.63, 3.8) is 0 Å². The van der Waals surface area contributed by atoms with Crippen LogP contribution < -0.4 is 5.48 Å². The Balaban J connectivity index is 2.68. The van der Waals surface area contributed by atoms with Crippen molar-refractivity contribution in [2.75, 3.05) is 13.7 Å². The summed E-state index contributed by atoms with van der Waals surface area (Å²) < 4.78 is 0.637. The van der Waals surface area contributed by atoms with Crippen LogP contribution in [0, 0.1) is 0 Å². The smallest absolute Gasteiger partial charge is 0.0572 e. The van der Waals surface area contributed by atoms with Crippen LogP contribution in [0.25, 0.3) is 0 Å². The van der Waals surface area contributed by atoms with Gasteiger partial charge in [-0.15, -0.1) is 0 Å². The summed E-state index contributed by atoms with van der Waals surface area (Å²) in [5.41, 5.74) is 2.74. The Kier molecular flexibility index (Phi) is 5.25. The average Bonchev–Trinajstić information content (AvgIpc) is 1.61. The minimum absolute atomic E-state index is 0.637. The average molecular weight is 215 g/mol. The molecule has 0 rings (SSSR count). The summed E-state index contributed by atoms with van der Waals surface area (Å²) >= 11 is 2.32. The van der Waals surface area contributed by atoms with Crippen LogP contribution in [0.1, 0.15) is 6.92 Å². The van der Waals surface area contributed by atoms with Crippen LogP contribution in [-0.4, -0.2) is 17.6 Å². The van der Waals surface area contributed by atoms with Gasteiger partial charge in [-0.05, 0) is 0 Å². The molecule has 7 heavy (non-hydrogen) atoms. The molecule has 0 aliphatic heterocycles. The first kappa shape index (κ1) is 7.65. The Labute approximate surface area is 57.7 Å². The fourth-order valence-electron chi connectivity index (χ4n) is 0.198. The number of hydrogen-bond acceptors (Lipinski definition) is 2. The summed E-state index contributed by atoms with van der Waals surface area (Å²) in [5, 5.41) is 0. The van der Waals surface area contributed by atoms with Crippen molar-refractivity contribution < 1.29 is 4.84 Å². The van der Waals surface area contributed by atoms with Gasteiger partial charge in [-0.25, -0.2) is 5.48 Å². The Bertz CT molecular complexity index is 40.7. The van der Waals surface area contributed by atoms with Gasteiger partial charge in [0.2, 0.25) is 0 Å². The number of hydrogen-bond donors (Lipinski definition) is 1. The summed E-state index contributed by atoms with van der Waals surface area (Å²) in [6.07, 6.45) is 0. The van der Waals surface area contributed by atoms with Crippen LogP contribution in [0.2, 0.25) is 0 Å². The van der Waals surface area contributed by atoms with E-state index in [1.54, 1.807) is 7.11 Å². The van der Waals surface area contributed by atoms with Crippen molar-refractivity contribution >= 4 is 22.6 Å². The van der Waals surface area contributed by atoms with E-state index in [2.05, 4.69) is 39.8 Å². The minimum Gasteiger partial charge on any atom is -0.305 e. The normalized spacial score (nSPS) is 14.1. The van der Waals surface area contributed by atoms with E-state index < -0.39 is 0 Å². The molecule has 0 aromatic rings. The van der Waals surface area contributed by atoms with E-state index in [1.807, 2.05) is 0 Å². The monoisotopic (exact) mass is 215 g/mol. The molecule has 0 amide bonds. The number of nitrogens with one attached hydrogen (secondary N) is 1. The quantitative estimate of drug-likeness (QED) is 0.430. The first-order chi connectivity index (χ1) is 3.27. The van der Waals surface area contributed by atoms with E-state index in [9.17, 15) is 0 Å². The lowest BCUT2D eigenvalue weighted by molar-refractivity contribution is 0.0938. The van der Waals surface area contributed by atoms with Crippen LogP contribution >= 0.6 is 22.6 Å². The van der Waals surface area contributed by atoms with Gasteiger partial charge in [0.15, 0.2) is 0 Å². The highest BCUT2D eigenvalue weighted by Gasteiger charge is 1.89. The maximum Gasteiger partial charge on any atom is 0.0572 e. The second-order valence-corrected chi connectivity index (χ2v) is 3.46. The largest absolute Gasteiger partial charge is 0.305 e. The zero-order chi connectivity index (χ0) is 5.70. The molecule has 0 spiro atoms. The van der Waals surface area contributed by atoms with Gasteiger partial charge in [0.25, 0.3) is 0 Å². The highest BCUT2D eigenvalue weighted by molar-refractivity contribution is 14.1. The summed E-state index contributed by atoms with van der Waals surface area (Å²) in [4.78, 5) is 4.60. The second-order valence-electron chi connectivity index (χ2n) is 1.33. The predicted molar refractivity (Wildman–Crippen MR) is 38.5 cm³/mol. The Morgan fingerprint density at radius 1 is 1.86 bits per heavy atom. The molecule has 0 bridgehead atoms.